The van der Waals surface area contributed by atoms with Crippen LogP contribution in [0.1, 0.15) is 15.9 Å². The fourth-order valence-electron chi connectivity index (χ4n) is 1.32. The van der Waals surface area contributed by atoms with Gasteiger partial charge in [-0.3, -0.25) is 0 Å². The second kappa shape index (κ2) is 1.68. The summed E-state index contributed by atoms with van der Waals surface area (Å²) in [6.45, 7) is 0. The standard InChI is InChI=1S/C8H4O4/c9-7-5-3-1-2-4-6(5)8(10-7)11-12-8/h1-4H. The van der Waals surface area contributed by atoms with E-state index >= 15 is 0 Å². The summed E-state index contributed by atoms with van der Waals surface area (Å²) in [4.78, 5) is 20.4. The Balaban J connectivity index is 2.27. The zero-order valence-corrected chi connectivity index (χ0v) is 5.94. The van der Waals surface area contributed by atoms with Crippen LogP contribution >= 0.6 is 0 Å². The summed E-state index contributed by atoms with van der Waals surface area (Å²) in [5.41, 5.74) is 1.16. The van der Waals surface area contributed by atoms with E-state index in [2.05, 4.69) is 9.78 Å². The molecule has 1 aromatic carbocycles. The van der Waals surface area contributed by atoms with E-state index in [1.165, 1.54) is 0 Å². The van der Waals surface area contributed by atoms with Gasteiger partial charge in [-0.25, -0.2) is 4.79 Å². The SMILES string of the molecule is O=C1OC2(OO2)c2ccccc21. The molecule has 2 aliphatic heterocycles. The summed E-state index contributed by atoms with van der Waals surface area (Å²) in [5.74, 6) is -1.60. The number of esters is 1. The fraction of sp³-hybridized carbons (Fsp3) is 0.125. The zero-order valence-electron chi connectivity index (χ0n) is 5.94. The van der Waals surface area contributed by atoms with Crippen molar-refractivity contribution in [1.29, 1.82) is 0 Å². The molecule has 0 bridgehead atoms. The van der Waals surface area contributed by atoms with Crippen molar-refractivity contribution in [2.75, 3.05) is 0 Å². The minimum absolute atomic E-state index is 0.400. The molecule has 2 aliphatic rings. The Hall–Kier alpha value is -1.39. The molecule has 0 aliphatic carbocycles. The minimum atomic E-state index is -1.20. The first-order valence-electron chi connectivity index (χ1n) is 3.51. The maximum absolute atomic E-state index is 11.1. The zero-order chi connectivity index (χ0) is 8.18. The van der Waals surface area contributed by atoms with Crippen molar-refractivity contribution in [3.8, 4) is 0 Å². The van der Waals surface area contributed by atoms with Crippen LogP contribution in [-0.2, 0) is 20.5 Å². The number of ether oxygens (including phenoxy) is 1. The second-order valence-corrected chi connectivity index (χ2v) is 2.66. The number of carbonyl (C=O) groups is 1. The molecular weight excluding hydrogens is 160 g/mol. The van der Waals surface area contributed by atoms with Crippen LogP contribution in [0.25, 0.3) is 0 Å². The van der Waals surface area contributed by atoms with Crippen molar-refractivity contribution in [2.45, 2.75) is 5.97 Å². The van der Waals surface area contributed by atoms with Gasteiger partial charge in [-0.2, -0.15) is 0 Å². The average molecular weight is 164 g/mol. The molecule has 0 radical (unpaired) electrons. The summed E-state index contributed by atoms with van der Waals surface area (Å²) in [5, 5.41) is 0. The number of fused-ring (bicyclic) bond motifs is 2. The number of rotatable bonds is 0. The molecule has 0 saturated carbocycles. The molecular formula is C8H4O4. The van der Waals surface area contributed by atoms with Crippen molar-refractivity contribution in [2.24, 2.45) is 0 Å². The molecule has 0 amide bonds. The highest BCUT2D eigenvalue weighted by molar-refractivity contribution is 5.94. The quantitative estimate of drug-likeness (QED) is 0.325. The molecule has 0 N–H and O–H groups in total. The monoisotopic (exact) mass is 164 g/mol. The lowest BCUT2D eigenvalue weighted by Crippen LogP contribution is -2.06. The van der Waals surface area contributed by atoms with Crippen LogP contribution in [0.2, 0.25) is 0 Å². The molecule has 4 nitrogen and oxygen atoms in total. The Morgan fingerprint density at radius 3 is 2.67 bits per heavy atom. The maximum Gasteiger partial charge on any atom is 0.413 e. The predicted octanol–water partition coefficient (Wildman–Crippen LogP) is 0.929. The van der Waals surface area contributed by atoms with Gasteiger partial charge < -0.3 is 4.74 Å². The van der Waals surface area contributed by atoms with Crippen LogP contribution in [0.15, 0.2) is 24.3 Å². The van der Waals surface area contributed by atoms with Gasteiger partial charge in [-0.1, -0.05) is 12.1 Å². The third-order valence-corrected chi connectivity index (χ3v) is 1.94. The molecule has 12 heavy (non-hydrogen) atoms. The highest BCUT2D eigenvalue weighted by Gasteiger charge is 2.62. The van der Waals surface area contributed by atoms with E-state index < -0.39 is 11.9 Å². The Morgan fingerprint density at radius 1 is 1.17 bits per heavy atom. The van der Waals surface area contributed by atoms with Crippen LogP contribution in [0, 0.1) is 0 Å². The molecule has 4 heteroatoms. The van der Waals surface area contributed by atoms with Crippen LogP contribution in [0.4, 0.5) is 0 Å². The average Bonchev–Trinajstić information content (AvgIpc) is 2.79. The van der Waals surface area contributed by atoms with Crippen molar-refractivity contribution in [3.05, 3.63) is 35.4 Å². The lowest BCUT2D eigenvalue weighted by molar-refractivity contribution is -0.0139. The summed E-state index contributed by atoms with van der Waals surface area (Å²) in [6, 6.07) is 6.99. The summed E-state index contributed by atoms with van der Waals surface area (Å²) >= 11 is 0. The molecule has 0 unspecified atom stereocenters. The van der Waals surface area contributed by atoms with Crippen molar-refractivity contribution < 1.29 is 19.3 Å². The van der Waals surface area contributed by atoms with E-state index in [1.54, 1.807) is 24.3 Å². The van der Waals surface area contributed by atoms with Crippen LogP contribution in [-0.4, -0.2) is 5.97 Å². The van der Waals surface area contributed by atoms with Gasteiger partial charge in [-0.05, 0) is 12.1 Å². The Morgan fingerprint density at radius 2 is 1.92 bits per heavy atom. The van der Waals surface area contributed by atoms with Gasteiger partial charge in [-0.15, -0.1) is 9.78 Å². The van der Waals surface area contributed by atoms with E-state index in [4.69, 9.17) is 4.74 Å². The van der Waals surface area contributed by atoms with Gasteiger partial charge >= 0.3 is 11.9 Å². The first-order chi connectivity index (χ1) is 5.82. The second-order valence-electron chi connectivity index (χ2n) is 2.66. The number of carbonyl (C=O) groups excluding carboxylic acids is 1. The molecule has 1 saturated heterocycles. The molecule has 2 heterocycles. The molecule has 0 atom stereocenters. The van der Waals surface area contributed by atoms with Gasteiger partial charge in [0.15, 0.2) is 0 Å². The van der Waals surface area contributed by atoms with Gasteiger partial charge in [0.1, 0.15) is 0 Å². The van der Waals surface area contributed by atoms with Gasteiger partial charge in [0, 0.05) is 0 Å². The highest BCUT2D eigenvalue weighted by atomic mass is 17.5. The Kier molecular flexibility index (Phi) is 0.861. The third kappa shape index (κ3) is 0.569. The molecule has 1 spiro atoms. The maximum atomic E-state index is 11.1. The van der Waals surface area contributed by atoms with Gasteiger partial charge in [0.2, 0.25) is 0 Å². The number of hydrogen-bond donors (Lipinski definition) is 0. The lowest BCUT2D eigenvalue weighted by atomic mass is 10.1. The lowest BCUT2D eigenvalue weighted by Gasteiger charge is -1.94. The van der Waals surface area contributed by atoms with E-state index in [1.807, 2.05) is 0 Å². The molecule has 3 rings (SSSR count). The number of hydrogen-bond acceptors (Lipinski definition) is 4. The van der Waals surface area contributed by atoms with Crippen molar-refractivity contribution in [3.63, 3.8) is 0 Å². The van der Waals surface area contributed by atoms with Crippen LogP contribution < -0.4 is 0 Å². The molecule has 1 aromatic rings. The van der Waals surface area contributed by atoms with Gasteiger partial charge in [0.25, 0.3) is 0 Å². The molecule has 1 fully saturated rings. The Bertz CT molecular complexity index is 367. The van der Waals surface area contributed by atoms with E-state index in [0.717, 1.165) is 0 Å². The largest absolute Gasteiger partial charge is 0.413 e. The smallest absolute Gasteiger partial charge is 0.397 e. The van der Waals surface area contributed by atoms with Crippen LogP contribution in [0.3, 0.4) is 0 Å². The van der Waals surface area contributed by atoms with Gasteiger partial charge in [0.05, 0.1) is 11.1 Å². The summed E-state index contributed by atoms with van der Waals surface area (Å²) in [7, 11) is 0. The third-order valence-electron chi connectivity index (χ3n) is 1.94. The van der Waals surface area contributed by atoms with Crippen LogP contribution in [0.5, 0.6) is 0 Å². The highest BCUT2D eigenvalue weighted by Crippen LogP contribution is 2.48. The molecule has 0 aromatic heterocycles. The Labute approximate surface area is 67.6 Å². The first kappa shape index (κ1) is 6.16. The van der Waals surface area contributed by atoms with E-state index in [0.29, 0.717) is 11.1 Å². The first-order valence-corrected chi connectivity index (χ1v) is 3.51. The van der Waals surface area contributed by atoms with E-state index in [9.17, 15) is 4.79 Å². The number of benzene rings is 1. The van der Waals surface area contributed by atoms with E-state index in [-0.39, 0.29) is 0 Å². The fourth-order valence-corrected chi connectivity index (χ4v) is 1.32. The normalized spacial score (nSPS) is 22.2. The van der Waals surface area contributed by atoms with Crippen molar-refractivity contribution >= 4 is 5.97 Å². The topological polar surface area (TPSA) is 51.4 Å². The minimum Gasteiger partial charge on any atom is -0.397 e. The molecule has 60 valence electrons. The van der Waals surface area contributed by atoms with Crippen molar-refractivity contribution in [1.82, 2.24) is 0 Å². The summed E-state index contributed by atoms with van der Waals surface area (Å²) < 4.78 is 4.85. The summed E-state index contributed by atoms with van der Waals surface area (Å²) in [6.07, 6.45) is 0. The predicted molar refractivity (Wildman–Crippen MR) is 35.7 cm³/mol.